The first-order valence-corrected chi connectivity index (χ1v) is 4.49. The summed E-state index contributed by atoms with van der Waals surface area (Å²) >= 11 is 0. The van der Waals surface area contributed by atoms with E-state index in [0.29, 0.717) is 11.8 Å². The fourth-order valence-electron chi connectivity index (χ4n) is 1.61. The first-order chi connectivity index (χ1) is 6.25. The molecule has 0 saturated carbocycles. The van der Waals surface area contributed by atoms with Gasteiger partial charge in [0.25, 0.3) is 0 Å². The van der Waals surface area contributed by atoms with Crippen molar-refractivity contribution in [2.75, 3.05) is 13.1 Å². The summed E-state index contributed by atoms with van der Waals surface area (Å²) < 4.78 is 6.18. The largest absolute Gasteiger partial charge is 0.436 e. The molecule has 72 valence electrons. The van der Waals surface area contributed by atoms with Gasteiger partial charge in [-0.1, -0.05) is 0 Å². The Morgan fingerprint density at radius 3 is 3.15 bits per heavy atom. The number of hydrogen-bond acceptors (Lipinski definition) is 4. The maximum Gasteiger partial charge on any atom is 0.436 e. The molecule has 1 unspecified atom stereocenters. The van der Waals surface area contributed by atoms with Gasteiger partial charge in [-0.2, -0.15) is 4.68 Å². The van der Waals surface area contributed by atoms with Crippen molar-refractivity contribution in [1.29, 1.82) is 0 Å². The quantitative estimate of drug-likeness (QED) is 0.673. The highest BCUT2D eigenvalue weighted by Crippen LogP contribution is 2.12. The molecule has 1 aromatic rings. The lowest BCUT2D eigenvalue weighted by Gasteiger charge is -2.01. The smallest absolute Gasteiger partial charge is 0.392 e. The highest BCUT2D eigenvalue weighted by atomic mass is 16.4. The molecular weight excluding hydrogens is 170 g/mol. The lowest BCUT2D eigenvalue weighted by Crippen LogP contribution is -2.11. The third-order valence-electron chi connectivity index (χ3n) is 2.36. The van der Waals surface area contributed by atoms with Crippen LogP contribution in [-0.4, -0.2) is 22.9 Å². The van der Waals surface area contributed by atoms with Gasteiger partial charge in [0.1, 0.15) is 0 Å². The molecule has 1 aromatic heterocycles. The minimum absolute atomic E-state index is 0.374. The predicted octanol–water partition coefficient (Wildman–Crippen LogP) is -0.475. The Bertz CT molecular complexity index is 335. The van der Waals surface area contributed by atoms with Crippen molar-refractivity contribution in [3.05, 3.63) is 16.4 Å². The molecule has 2 rings (SSSR count). The number of aromatic nitrogens is 2. The van der Waals surface area contributed by atoms with E-state index in [1.165, 1.54) is 4.68 Å². The number of hydrogen-bond donors (Lipinski definition) is 1. The molecule has 0 spiro atoms. The normalized spacial score (nSPS) is 22.4. The lowest BCUT2D eigenvalue weighted by molar-refractivity contribution is 0.419. The van der Waals surface area contributed by atoms with Crippen LogP contribution < -0.4 is 11.1 Å². The molecule has 1 aliphatic heterocycles. The molecule has 13 heavy (non-hydrogen) atoms. The molecule has 5 heteroatoms. The van der Waals surface area contributed by atoms with Crippen molar-refractivity contribution >= 4 is 0 Å². The maximum atomic E-state index is 10.9. The van der Waals surface area contributed by atoms with Crippen LogP contribution in [0.1, 0.15) is 12.3 Å². The molecular formula is C8H13N3O2. The molecule has 0 aliphatic carbocycles. The van der Waals surface area contributed by atoms with Gasteiger partial charge >= 0.3 is 5.76 Å². The molecule has 1 N–H and O–H groups in total. The van der Waals surface area contributed by atoms with Crippen molar-refractivity contribution in [3.8, 4) is 0 Å². The second kappa shape index (κ2) is 3.33. The average Bonchev–Trinajstić information content (AvgIpc) is 2.64. The van der Waals surface area contributed by atoms with E-state index >= 15 is 0 Å². The van der Waals surface area contributed by atoms with E-state index in [1.807, 2.05) is 0 Å². The second-order valence-corrected chi connectivity index (χ2v) is 3.45. The summed E-state index contributed by atoms with van der Waals surface area (Å²) in [5.41, 5.74) is 0. The molecule has 1 aliphatic rings. The molecule has 1 saturated heterocycles. The van der Waals surface area contributed by atoms with Crippen LogP contribution in [-0.2, 0) is 13.5 Å². The maximum absolute atomic E-state index is 10.9. The van der Waals surface area contributed by atoms with Gasteiger partial charge in [0.2, 0.25) is 5.89 Å². The van der Waals surface area contributed by atoms with Crippen molar-refractivity contribution < 1.29 is 4.42 Å². The summed E-state index contributed by atoms with van der Waals surface area (Å²) in [5, 5.41) is 7.24. The van der Waals surface area contributed by atoms with E-state index in [4.69, 9.17) is 4.42 Å². The molecule has 2 heterocycles. The standard InChI is InChI=1S/C8H13N3O2/c1-11-8(12)13-7(10-11)4-6-2-3-9-5-6/h6,9H,2-5H2,1H3. The van der Waals surface area contributed by atoms with Gasteiger partial charge in [-0.15, -0.1) is 5.10 Å². The van der Waals surface area contributed by atoms with E-state index in [1.54, 1.807) is 7.05 Å². The monoisotopic (exact) mass is 183 g/mol. The molecule has 0 radical (unpaired) electrons. The summed E-state index contributed by atoms with van der Waals surface area (Å²) in [4.78, 5) is 10.9. The summed E-state index contributed by atoms with van der Waals surface area (Å²) in [7, 11) is 1.60. The lowest BCUT2D eigenvalue weighted by atomic mass is 10.1. The fourth-order valence-corrected chi connectivity index (χ4v) is 1.61. The van der Waals surface area contributed by atoms with Crippen LogP contribution in [0.5, 0.6) is 0 Å². The number of rotatable bonds is 2. The molecule has 5 nitrogen and oxygen atoms in total. The van der Waals surface area contributed by atoms with Crippen LogP contribution in [0.25, 0.3) is 0 Å². The zero-order chi connectivity index (χ0) is 9.26. The van der Waals surface area contributed by atoms with Crippen molar-refractivity contribution in [2.45, 2.75) is 12.8 Å². The Labute approximate surface area is 75.7 Å². The molecule has 1 fully saturated rings. The molecule has 1 atom stereocenters. The van der Waals surface area contributed by atoms with Crippen LogP contribution in [0.3, 0.4) is 0 Å². The van der Waals surface area contributed by atoms with Crippen LogP contribution in [0.2, 0.25) is 0 Å². The van der Waals surface area contributed by atoms with Gasteiger partial charge in [0.15, 0.2) is 0 Å². The zero-order valence-electron chi connectivity index (χ0n) is 7.62. The van der Waals surface area contributed by atoms with Gasteiger partial charge < -0.3 is 9.73 Å². The predicted molar refractivity (Wildman–Crippen MR) is 46.4 cm³/mol. The Kier molecular flexibility index (Phi) is 2.18. The number of nitrogens with one attached hydrogen (secondary N) is 1. The fraction of sp³-hybridized carbons (Fsp3) is 0.750. The first-order valence-electron chi connectivity index (χ1n) is 4.49. The number of aryl methyl sites for hydroxylation is 1. The highest BCUT2D eigenvalue weighted by Gasteiger charge is 2.17. The van der Waals surface area contributed by atoms with E-state index in [0.717, 1.165) is 25.9 Å². The summed E-state index contributed by atoms with van der Waals surface area (Å²) in [6, 6.07) is 0. The zero-order valence-corrected chi connectivity index (χ0v) is 7.62. The van der Waals surface area contributed by atoms with E-state index in [2.05, 4.69) is 10.4 Å². The second-order valence-electron chi connectivity index (χ2n) is 3.45. The Hall–Kier alpha value is -1.10. The Balaban J connectivity index is 2.04. The van der Waals surface area contributed by atoms with E-state index in [-0.39, 0.29) is 5.76 Å². The van der Waals surface area contributed by atoms with Gasteiger partial charge in [-0.25, -0.2) is 4.79 Å². The summed E-state index contributed by atoms with van der Waals surface area (Å²) in [6.07, 6.45) is 1.91. The molecule has 0 aromatic carbocycles. The Morgan fingerprint density at radius 1 is 1.77 bits per heavy atom. The van der Waals surface area contributed by atoms with Crippen LogP contribution in [0.15, 0.2) is 9.21 Å². The van der Waals surface area contributed by atoms with Crippen LogP contribution >= 0.6 is 0 Å². The first kappa shape index (κ1) is 8.50. The van der Waals surface area contributed by atoms with Gasteiger partial charge in [-0.3, -0.25) is 0 Å². The SMILES string of the molecule is Cn1nc(CC2CCNC2)oc1=O. The van der Waals surface area contributed by atoms with Gasteiger partial charge in [-0.05, 0) is 25.4 Å². The molecule has 0 amide bonds. The van der Waals surface area contributed by atoms with E-state index in [9.17, 15) is 4.79 Å². The van der Waals surface area contributed by atoms with Crippen molar-refractivity contribution in [1.82, 2.24) is 15.1 Å². The van der Waals surface area contributed by atoms with Crippen LogP contribution in [0.4, 0.5) is 0 Å². The number of nitrogens with zero attached hydrogens (tertiary/aromatic N) is 2. The summed E-state index contributed by atoms with van der Waals surface area (Å²) in [5.74, 6) is 0.750. The average molecular weight is 183 g/mol. The van der Waals surface area contributed by atoms with Crippen molar-refractivity contribution in [3.63, 3.8) is 0 Å². The summed E-state index contributed by atoms with van der Waals surface area (Å²) in [6.45, 7) is 2.06. The minimum atomic E-state index is -0.374. The van der Waals surface area contributed by atoms with E-state index < -0.39 is 0 Å². The molecule has 0 bridgehead atoms. The minimum Gasteiger partial charge on any atom is -0.392 e. The highest BCUT2D eigenvalue weighted by molar-refractivity contribution is 4.83. The van der Waals surface area contributed by atoms with Crippen molar-refractivity contribution in [2.24, 2.45) is 13.0 Å². The Morgan fingerprint density at radius 2 is 2.62 bits per heavy atom. The van der Waals surface area contributed by atoms with Gasteiger partial charge in [0, 0.05) is 13.5 Å². The van der Waals surface area contributed by atoms with Gasteiger partial charge in [0.05, 0.1) is 0 Å². The van der Waals surface area contributed by atoms with Crippen LogP contribution in [0, 0.1) is 5.92 Å². The topological polar surface area (TPSA) is 60.1 Å². The third-order valence-corrected chi connectivity index (χ3v) is 2.36. The third kappa shape index (κ3) is 1.80.